The standard InChI is InChI=1S/C14H15Cl3N4O4S/c15-14(16,17)12(19-13(26)20-5-7-25-8-6-20)18-11(22)9-1-3-10(4-2-9)21(23)24/h1-4,12H,5-8H2,(H,18,22)(H,19,26). The number of nitrogens with one attached hydrogen (secondary N) is 2. The number of halogens is 3. The Balaban J connectivity index is 2.05. The van der Waals surface area contributed by atoms with Crippen LogP contribution in [0.4, 0.5) is 5.69 Å². The van der Waals surface area contributed by atoms with Crippen LogP contribution in [0, 0.1) is 10.1 Å². The summed E-state index contributed by atoms with van der Waals surface area (Å²) in [5.74, 6) is -0.575. The minimum Gasteiger partial charge on any atom is -0.378 e. The van der Waals surface area contributed by atoms with E-state index in [-0.39, 0.29) is 11.3 Å². The van der Waals surface area contributed by atoms with E-state index in [1.54, 1.807) is 0 Å². The number of hydrogen-bond acceptors (Lipinski definition) is 5. The smallest absolute Gasteiger partial charge is 0.269 e. The normalized spacial score (nSPS) is 15.9. The average molecular weight is 442 g/mol. The van der Waals surface area contributed by atoms with E-state index in [1.165, 1.54) is 24.3 Å². The van der Waals surface area contributed by atoms with Gasteiger partial charge in [-0.15, -0.1) is 0 Å². The molecule has 1 heterocycles. The number of nitro groups is 1. The molecule has 1 aromatic rings. The van der Waals surface area contributed by atoms with Crippen molar-refractivity contribution in [2.24, 2.45) is 0 Å². The molecule has 0 bridgehead atoms. The fraction of sp³-hybridized carbons (Fsp3) is 0.429. The molecule has 1 aliphatic heterocycles. The highest BCUT2D eigenvalue weighted by atomic mass is 35.6. The van der Waals surface area contributed by atoms with Gasteiger partial charge in [-0.2, -0.15) is 0 Å². The minimum absolute atomic E-state index is 0.133. The van der Waals surface area contributed by atoms with Crippen LogP contribution in [0.3, 0.4) is 0 Å². The zero-order valence-electron chi connectivity index (χ0n) is 13.3. The zero-order chi connectivity index (χ0) is 19.3. The number of morpholine rings is 1. The summed E-state index contributed by atoms with van der Waals surface area (Å²) in [6.45, 7) is 2.20. The van der Waals surface area contributed by atoms with Crippen molar-refractivity contribution in [3.63, 3.8) is 0 Å². The Kier molecular flexibility index (Phi) is 7.24. The molecular formula is C14H15Cl3N4O4S. The maximum Gasteiger partial charge on any atom is 0.269 e. The van der Waals surface area contributed by atoms with Crippen molar-refractivity contribution in [2.45, 2.75) is 9.96 Å². The summed E-state index contributed by atoms with van der Waals surface area (Å²) in [5.41, 5.74) is 0.0417. The predicted molar refractivity (Wildman–Crippen MR) is 103 cm³/mol. The lowest BCUT2D eigenvalue weighted by Gasteiger charge is -2.34. The molecule has 0 aromatic heterocycles. The number of nitrogens with zero attached hydrogens (tertiary/aromatic N) is 2. The number of ether oxygens (including phenoxy) is 1. The van der Waals surface area contributed by atoms with Crippen LogP contribution in [-0.4, -0.2) is 57.1 Å². The Morgan fingerprint density at radius 2 is 1.81 bits per heavy atom. The highest BCUT2D eigenvalue weighted by Gasteiger charge is 2.35. The molecule has 2 N–H and O–H groups in total. The van der Waals surface area contributed by atoms with Gasteiger partial charge in [-0.1, -0.05) is 34.8 Å². The summed E-state index contributed by atoms with van der Waals surface area (Å²) in [7, 11) is 0. The molecule has 1 atom stereocenters. The fourth-order valence-corrected chi connectivity index (χ4v) is 2.76. The summed E-state index contributed by atoms with van der Waals surface area (Å²) >= 11 is 23.1. The van der Waals surface area contributed by atoms with E-state index in [1.807, 2.05) is 4.90 Å². The Bertz CT molecular complexity index is 678. The molecule has 26 heavy (non-hydrogen) atoms. The molecule has 0 radical (unpaired) electrons. The second kappa shape index (κ2) is 9.01. The van der Waals surface area contributed by atoms with Crippen molar-refractivity contribution in [1.29, 1.82) is 0 Å². The van der Waals surface area contributed by atoms with Crippen molar-refractivity contribution < 1.29 is 14.5 Å². The van der Waals surface area contributed by atoms with Gasteiger partial charge in [-0.25, -0.2) is 0 Å². The number of non-ortho nitro benzene ring substituents is 1. The molecule has 8 nitrogen and oxygen atoms in total. The molecule has 0 aliphatic carbocycles. The molecule has 2 rings (SSSR count). The van der Waals surface area contributed by atoms with Crippen LogP contribution in [0.1, 0.15) is 10.4 Å². The highest BCUT2D eigenvalue weighted by Crippen LogP contribution is 2.29. The summed E-state index contributed by atoms with van der Waals surface area (Å²) in [5, 5.41) is 16.3. The van der Waals surface area contributed by atoms with E-state index in [0.717, 1.165) is 0 Å². The van der Waals surface area contributed by atoms with Gasteiger partial charge < -0.3 is 20.3 Å². The third-order valence-corrected chi connectivity index (χ3v) is 4.54. The lowest BCUT2D eigenvalue weighted by Crippen LogP contribution is -2.59. The van der Waals surface area contributed by atoms with Gasteiger partial charge in [0.25, 0.3) is 11.6 Å². The second-order valence-electron chi connectivity index (χ2n) is 5.30. The van der Waals surface area contributed by atoms with E-state index >= 15 is 0 Å². The number of benzene rings is 1. The zero-order valence-corrected chi connectivity index (χ0v) is 16.4. The highest BCUT2D eigenvalue weighted by molar-refractivity contribution is 7.80. The third-order valence-electron chi connectivity index (χ3n) is 3.51. The third kappa shape index (κ3) is 5.82. The molecule has 1 amide bonds. The molecular weight excluding hydrogens is 427 g/mol. The van der Waals surface area contributed by atoms with Crippen molar-refractivity contribution >= 4 is 63.7 Å². The number of nitro benzene ring substituents is 1. The van der Waals surface area contributed by atoms with E-state index in [0.29, 0.717) is 31.4 Å². The van der Waals surface area contributed by atoms with Gasteiger partial charge in [-0.05, 0) is 24.4 Å². The SMILES string of the molecule is O=C(NC(NC(=S)N1CCOCC1)C(Cl)(Cl)Cl)c1ccc([N+](=O)[O-])cc1. The van der Waals surface area contributed by atoms with Crippen molar-refractivity contribution in [1.82, 2.24) is 15.5 Å². The predicted octanol–water partition coefficient (Wildman–Crippen LogP) is 2.23. The molecule has 1 unspecified atom stereocenters. The molecule has 1 aliphatic rings. The lowest BCUT2D eigenvalue weighted by atomic mass is 10.2. The number of carbonyl (C=O) groups is 1. The number of carbonyl (C=O) groups excluding carboxylic acids is 1. The first kappa shape index (κ1) is 20.9. The number of amides is 1. The Morgan fingerprint density at radius 3 is 2.31 bits per heavy atom. The Labute approximate surface area is 169 Å². The molecule has 0 spiro atoms. The van der Waals surface area contributed by atoms with Crippen LogP contribution in [0.5, 0.6) is 0 Å². The lowest BCUT2D eigenvalue weighted by molar-refractivity contribution is -0.384. The van der Waals surface area contributed by atoms with E-state index in [4.69, 9.17) is 51.8 Å². The van der Waals surface area contributed by atoms with Crippen molar-refractivity contribution in [3.05, 3.63) is 39.9 Å². The van der Waals surface area contributed by atoms with Crippen LogP contribution in [-0.2, 0) is 4.74 Å². The average Bonchev–Trinajstić information content (AvgIpc) is 2.61. The number of thiocarbonyl (C=S) groups is 1. The molecule has 1 saturated heterocycles. The van der Waals surface area contributed by atoms with Crippen molar-refractivity contribution in [2.75, 3.05) is 26.3 Å². The van der Waals surface area contributed by atoms with Gasteiger partial charge in [0.2, 0.25) is 3.79 Å². The van der Waals surface area contributed by atoms with Gasteiger partial charge in [0, 0.05) is 30.8 Å². The van der Waals surface area contributed by atoms with Gasteiger partial charge in [0.05, 0.1) is 18.1 Å². The van der Waals surface area contributed by atoms with E-state index in [9.17, 15) is 14.9 Å². The quantitative estimate of drug-likeness (QED) is 0.243. The fourth-order valence-electron chi connectivity index (χ4n) is 2.13. The molecule has 0 saturated carbocycles. The van der Waals surface area contributed by atoms with E-state index in [2.05, 4.69) is 10.6 Å². The number of hydrogen-bond donors (Lipinski definition) is 2. The van der Waals surface area contributed by atoms with Gasteiger partial charge in [0.15, 0.2) is 5.11 Å². The van der Waals surface area contributed by atoms with Crippen LogP contribution >= 0.6 is 47.0 Å². The maximum absolute atomic E-state index is 12.4. The minimum atomic E-state index is -1.88. The Morgan fingerprint density at radius 1 is 1.23 bits per heavy atom. The number of rotatable bonds is 4. The molecule has 12 heteroatoms. The van der Waals surface area contributed by atoms with Gasteiger partial charge in [0.1, 0.15) is 6.17 Å². The first-order chi connectivity index (χ1) is 12.2. The number of alkyl halides is 3. The summed E-state index contributed by atoms with van der Waals surface area (Å²) in [4.78, 5) is 24.3. The second-order valence-corrected chi connectivity index (χ2v) is 8.06. The van der Waals surface area contributed by atoms with E-state index < -0.39 is 20.8 Å². The summed E-state index contributed by atoms with van der Waals surface area (Å²) in [6, 6.07) is 5.04. The summed E-state index contributed by atoms with van der Waals surface area (Å²) < 4.78 is 3.36. The van der Waals surface area contributed by atoms with Crippen LogP contribution in [0.15, 0.2) is 24.3 Å². The first-order valence-corrected chi connectivity index (χ1v) is 8.98. The Hall–Kier alpha value is -1.39. The van der Waals surface area contributed by atoms with Crippen LogP contribution in [0.25, 0.3) is 0 Å². The molecule has 1 fully saturated rings. The maximum atomic E-state index is 12.4. The van der Waals surface area contributed by atoms with Crippen LogP contribution in [0.2, 0.25) is 0 Å². The monoisotopic (exact) mass is 440 g/mol. The van der Waals surface area contributed by atoms with Gasteiger partial charge >= 0.3 is 0 Å². The molecule has 142 valence electrons. The first-order valence-electron chi connectivity index (χ1n) is 7.43. The van der Waals surface area contributed by atoms with Crippen LogP contribution < -0.4 is 10.6 Å². The topological polar surface area (TPSA) is 96.7 Å². The largest absolute Gasteiger partial charge is 0.378 e. The van der Waals surface area contributed by atoms with Crippen molar-refractivity contribution in [3.8, 4) is 0 Å². The molecule has 1 aromatic carbocycles. The van der Waals surface area contributed by atoms with Gasteiger partial charge in [-0.3, -0.25) is 14.9 Å². The summed E-state index contributed by atoms with van der Waals surface area (Å²) in [6.07, 6.45) is -1.11.